The Morgan fingerprint density at radius 1 is 1.70 bits per heavy atom. The molecule has 62 valence electrons. The lowest BCUT2D eigenvalue weighted by Gasteiger charge is -2.15. The lowest BCUT2D eigenvalue weighted by molar-refractivity contribution is -0.0702. The molecule has 0 aromatic rings. The van der Waals surface area contributed by atoms with Crippen molar-refractivity contribution in [2.75, 3.05) is 19.9 Å². The Kier molecular flexibility index (Phi) is 10.00. The highest BCUT2D eigenvalue weighted by Crippen LogP contribution is 1.99. The van der Waals surface area contributed by atoms with E-state index < -0.39 is 0 Å². The van der Waals surface area contributed by atoms with Gasteiger partial charge in [0.15, 0.2) is 5.17 Å². The number of thioether (sulfide) groups is 1. The van der Waals surface area contributed by atoms with Crippen molar-refractivity contribution < 1.29 is 4.84 Å². The maximum atomic E-state index is 7.21. The van der Waals surface area contributed by atoms with Crippen molar-refractivity contribution in [3.63, 3.8) is 0 Å². The van der Waals surface area contributed by atoms with Gasteiger partial charge in [0.2, 0.25) is 0 Å². The SMILES string of the molecule is CCON(C)C(=N)SC.I. The quantitative estimate of drug-likeness (QED) is 0.361. The van der Waals surface area contributed by atoms with Crippen LogP contribution in [0.3, 0.4) is 0 Å². The number of hydroxylamine groups is 2. The Morgan fingerprint density at radius 3 is 2.50 bits per heavy atom. The molecule has 0 bridgehead atoms. The van der Waals surface area contributed by atoms with Crippen LogP contribution >= 0.6 is 35.7 Å². The van der Waals surface area contributed by atoms with E-state index in [9.17, 15) is 0 Å². The van der Waals surface area contributed by atoms with E-state index in [-0.39, 0.29) is 24.0 Å². The molecule has 10 heavy (non-hydrogen) atoms. The second-order valence-electron chi connectivity index (χ2n) is 1.42. The third kappa shape index (κ3) is 5.31. The van der Waals surface area contributed by atoms with Crippen LogP contribution in [-0.2, 0) is 4.84 Å². The summed E-state index contributed by atoms with van der Waals surface area (Å²) < 4.78 is 0. The van der Waals surface area contributed by atoms with E-state index in [1.807, 2.05) is 13.2 Å². The molecule has 5 heteroatoms. The number of halogens is 1. The average Bonchev–Trinajstić information content (AvgIpc) is 1.87. The highest BCUT2D eigenvalue weighted by atomic mass is 127. The first-order valence-corrected chi connectivity index (χ1v) is 3.94. The molecule has 0 fully saturated rings. The molecule has 0 radical (unpaired) electrons. The van der Waals surface area contributed by atoms with Gasteiger partial charge >= 0.3 is 0 Å². The monoisotopic (exact) mass is 276 g/mol. The van der Waals surface area contributed by atoms with Crippen LogP contribution in [0.1, 0.15) is 6.92 Å². The van der Waals surface area contributed by atoms with Crippen molar-refractivity contribution >= 4 is 40.9 Å². The number of hydrogen-bond acceptors (Lipinski definition) is 3. The molecular formula is C5H13IN2OS. The zero-order chi connectivity index (χ0) is 7.28. The third-order valence-electron chi connectivity index (χ3n) is 0.802. The molecule has 0 aromatic heterocycles. The molecule has 0 amide bonds. The molecule has 0 heterocycles. The highest BCUT2D eigenvalue weighted by Gasteiger charge is 1.99. The third-order valence-corrected chi connectivity index (χ3v) is 1.45. The van der Waals surface area contributed by atoms with Gasteiger partial charge in [-0.1, -0.05) is 11.8 Å². The molecule has 0 aromatic carbocycles. The summed E-state index contributed by atoms with van der Waals surface area (Å²) in [6, 6.07) is 0. The van der Waals surface area contributed by atoms with Gasteiger partial charge in [-0.05, 0) is 13.2 Å². The fraction of sp³-hybridized carbons (Fsp3) is 0.800. The van der Waals surface area contributed by atoms with Gasteiger partial charge in [-0.2, -0.15) is 0 Å². The summed E-state index contributed by atoms with van der Waals surface area (Å²) in [5, 5.41) is 9.09. The van der Waals surface area contributed by atoms with Gasteiger partial charge in [-0.25, -0.2) is 5.06 Å². The maximum Gasteiger partial charge on any atom is 0.179 e. The van der Waals surface area contributed by atoms with Gasteiger partial charge in [0, 0.05) is 7.05 Å². The van der Waals surface area contributed by atoms with Crippen LogP contribution in [0.2, 0.25) is 0 Å². The van der Waals surface area contributed by atoms with Crippen molar-refractivity contribution in [2.24, 2.45) is 0 Å². The van der Waals surface area contributed by atoms with Crippen LogP contribution < -0.4 is 0 Å². The summed E-state index contributed by atoms with van der Waals surface area (Å²) >= 11 is 1.36. The molecule has 0 rings (SSSR count). The predicted molar refractivity (Wildman–Crippen MR) is 56.0 cm³/mol. The first-order chi connectivity index (χ1) is 4.22. The van der Waals surface area contributed by atoms with Crippen molar-refractivity contribution in [1.82, 2.24) is 5.06 Å². The van der Waals surface area contributed by atoms with E-state index in [1.165, 1.54) is 16.8 Å². The van der Waals surface area contributed by atoms with E-state index in [0.717, 1.165) is 0 Å². The number of rotatable bonds is 2. The van der Waals surface area contributed by atoms with Crippen molar-refractivity contribution in [3.8, 4) is 0 Å². The second-order valence-corrected chi connectivity index (χ2v) is 2.22. The zero-order valence-corrected chi connectivity index (χ0v) is 9.53. The Balaban J connectivity index is 0. The van der Waals surface area contributed by atoms with Crippen LogP contribution in [0.15, 0.2) is 0 Å². The molecule has 0 saturated heterocycles. The summed E-state index contributed by atoms with van der Waals surface area (Å²) in [5.41, 5.74) is 0. The lowest BCUT2D eigenvalue weighted by atomic mass is 10.9. The standard InChI is InChI=1S/C5H12N2OS.HI/c1-4-8-7(2)5(6)9-3;/h6H,4H2,1-3H3;1H. The largest absolute Gasteiger partial charge is 0.277 e. The first-order valence-electron chi connectivity index (χ1n) is 2.71. The molecule has 1 N–H and O–H groups in total. The maximum absolute atomic E-state index is 7.21. The molecule has 0 aliphatic carbocycles. The molecular weight excluding hydrogens is 263 g/mol. The van der Waals surface area contributed by atoms with E-state index >= 15 is 0 Å². The second kappa shape index (κ2) is 7.62. The van der Waals surface area contributed by atoms with Crippen LogP contribution in [0.5, 0.6) is 0 Å². The van der Waals surface area contributed by atoms with E-state index in [2.05, 4.69) is 0 Å². The van der Waals surface area contributed by atoms with Gasteiger partial charge in [0.25, 0.3) is 0 Å². The molecule has 3 nitrogen and oxygen atoms in total. The first kappa shape index (κ1) is 13.1. The summed E-state index contributed by atoms with van der Waals surface area (Å²) in [7, 11) is 1.72. The molecule has 0 atom stereocenters. The summed E-state index contributed by atoms with van der Waals surface area (Å²) in [6.07, 6.45) is 1.85. The van der Waals surface area contributed by atoms with Crippen LogP contribution in [0.4, 0.5) is 0 Å². The number of nitrogens with one attached hydrogen (secondary N) is 1. The van der Waals surface area contributed by atoms with Gasteiger partial charge < -0.3 is 0 Å². The van der Waals surface area contributed by atoms with Crippen molar-refractivity contribution in [1.29, 1.82) is 5.41 Å². The Hall–Kier alpha value is 0.510. The fourth-order valence-corrected chi connectivity index (χ4v) is 0.691. The van der Waals surface area contributed by atoms with E-state index in [4.69, 9.17) is 10.2 Å². The van der Waals surface area contributed by atoms with Crippen molar-refractivity contribution in [3.05, 3.63) is 0 Å². The Bertz CT molecular complexity index is 102. The minimum absolute atomic E-state index is 0. The van der Waals surface area contributed by atoms with Crippen LogP contribution in [0.25, 0.3) is 0 Å². The van der Waals surface area contributed by atoms with Crippen LogP contribution in [0, 0.1) is 5.41 Å². The lowest BCUT2D eigenvalue weighted by Crippen LogP contribution is -2.23. The Labute approximate surface area is 83.0 Å². The van der Waals surface area contributed by atoms with Gasteiger partial charge in [-0.3, -0.25) is 10.2 Å². The summed E-state index contributed by atoms with van der Waals surface area (Å²) in [4.78, 5) is 4.98. The Morgan fingerprint density at radius 2 is 2.20 bits per heavy atom. The van der Waals surface area contributed by atoms with Gasteiger partial charge in [0.05, 0.1) is 6.61 Å². The minimum Gasteiger partial charge on any atom is -0.277 e. The molecule has 0 unspecified atom stereocenters. The molecule has 0 saturated carbocycles. The minimum atomic E-state index is 0. The van der Waals surface area contributed by atoms with E-state index in [1.54, 1.807) is 7.05 Å². The average molecular weight is 276 g/mol. The van der Waals surface area contributed by atoms with Gasteiger partial charge in [-0.15, -0.1) is 24.0 Å². The van der Waals surface area contributed by atoms with Crippen molar-refractivity contribution in [2.45, 2.75) is 6.92 Å². The smallest absolute Gasteiger partial charge is 0.179 e. The number of hydrogen-bond donors (Lipinski definition) is 1. The number of nitrogens with zero attached hydrogens (tertiary/aromatic N) is 1. The number of amidine groups is 1. The fourth-order valence-electron chi connectivity index (χ4n) is 0.381. The highest BCUT2D eigenvalue weighted by molar-refractivity contribution is 14.0. The molecule has 0 aliphatic heterocycles. The predicted octanol–water partition coefficient (Wildman–Crippen LogP) is 1.79. The summed E-state index contributed by atoms with van der Waals surface area (Å²) in [5.74, 6) is 0. The topological polar surface area (TPSA) is 36.3 Å². The van der Waals surface area contributed by atoms with E-state index in [0.29, 0.717) is 11.8 Å². The van der Waals surface area contributed by atoms with Gasteiger partial charge in [0.1, 0.15) is 0 Å². The molecule has 0 spiro atoms. The summed E-state index contributed by atoms with van der Waals surface area (Å²) in [6.45, 7) is 2.50. The normalized spacial score (nSPS) is 8.30. The zero-order valence-electron chi connectivity index (χ0n) is 6.38. The van der Waals surface area contributed by atoms with Crippen LogP contribution in [-0.4, -0.2) is 30.1 Å². The molecule has 0 aliphatic rings.